The van der Waals surface area contributed by atoms with E-state index in [1.165, 1.54) is 6.08 Å². The molecule has 2 aromatic heterocycles. The zero-order chi connectivity index (χ0) is 25.8. The zero-order valence-corrected chi connectivity index (χ0v) is 20.8. The summed E-state index contributed by atoms with van der Waals surface area (Å²) in [7, 11) is 0. The maximum atomic E-state index is 13.3. The summed E-state index contributed by atoms with van der Waals surface area (Å²) in [5, 5.41) is 12.9. The van der Waals surface area contributed by atoms with Crippen LogP contribution in [0.15, 0.2) is 60.7 Å². The molecule has 0 radical (unpaired) electrons. The molecule has 1 aromatic carbocycles. The number of aromatic nitrogens is 3. The van der Waals surface area contributed by atoms with Crippen molar-refractivity contribution in [2.24, 2.45) is 0 Å². The molecular formula is C28H31FN6O2. The molecule has 1 aliphatic heterocycles. The standard InChI is InChI=1S/C28H31FN6O2/c1-18(28(37)32-26-16-24(33-34-26)19-10-11-19)20-5-2-6-21(15-20)23-7-3-8-25(30-23)31-27(36)9-4-13-35-14-12-22(29)17-35/h2-9,15-16,18-19,22H,10-14,17H2,1H3,(H,30,31,36)(H2,32,33,34,37)/b9-4+/t18?,22-/m0/s1. The molecule has 0 spiro atoms. The molecule has 8 nitrogen and oxygen atoms in total. The number of pyridine rings is 1. The van der Waals surface area contributed by atoms with Gasteiger partial charge in [-0.25, -0.2) is 9.37 Å². The Morgan fingerprint density at radius 1 is 1.14 bits per heavy atom. The number of amides is 2. The Balaban J connectivity index is 1.20. The van der Waals surface area contributed by atoms with Crippen LogP contribution < -0.4 is 10.6 Å². The average molecular weight is 503 g/mol. The smallest absolute Gasteiger partial charge is 0.249 e. The van der Waals surface area contributed by atoms with Crippen molar-refractivity contribution in [2.45, 2.75) is 44.2 Å². The molecule has 1 saturated carbocycles. The second kappa shape index (κ2) is 11.0. The Bertz CT molecular complexity index is 1300. The molecular weight excluding hydrogens is 471 g/mol. The number of benzene rings is 1. The van der Waals surface area contributed by atoms with Crippen molar-refractivity contribution in [2.75, 3.05) is 30.3 Å². The molecule has 3 heterocycles. The minimum atomic E-state index is -0.777. The number of aromatic amines is 1. The van der Waals surface area contributed by atoms with Gasteiger partial charge in [0.25, 0.3) is 0 Å². The van der Waals surface area contributed by atoms with E-state index in [9.17, 15) is 14.0 Å². The van der Waals surface area contributed by atoms with Crippen LogP contribution in [0, 0.1) is 0 Å². The number of anilines is 2. The van der Waals surface area contributed by atoms with Crippen molar-refractivity contribution in [3.63, 3.8) is 0 Å². The molecule has 3 aromatic rings. The molecule has 37 heavy (non-hydrogen) atoms. The summed E-state index contributed by atoms with van der Waals surface area (Å²) in [6.07, 6.45) is 5.29. The van der Waals surface area contributed by atoms with Gasteiger partial charge >= 0.3 is 0 Å². The molecule has 2 aliphatic rings. The maximum Gasteiger partial charge on any atom is 0.249 e. The Morgan fingerprint density at radius 3 is 2.76 bits per heavy atom. The van der Waals surface area contributed by atoms with E-state index in [1.54, 1.807) is 12.1 Å². The van der Waals surface area contributed by atoms with Crippen molar-refractivity contribution >= 4 is 23.5 Å². The highest BCUT2D eigenvalue weighted by Crippen LogP contribution is 2.39. The predicted molar refractivity (Wildman–Crippen MR) is 141 cm³/mol. The minimum Gasteiger partial charge on any atom is -0.309 e. The Hall–Kier alpha value is -3.85. The second-order valence-electron chi connectivity index (χ2n) is 9.76. The fourth-order valence-electron chi connectivity index (χ4n) is 4.45. The summed E-state index contributed by atoms with van der Waals surface area (Å²) in [6.45, 7) is 3.52. The maximum absolute atomic E-state index is 13.3. The lowest BCUT2D eigenvalue weighted by atomic mass is 9.97. The van der Waals surface area contributed by atoms with Crippen LogP contribution in [-0.4, -0.2) is 57.7 Å². The fraction of sp³-hybridized carbons (Fsp3) is 0.357. The van der Waals surface area contributed by atoms with Crippen LogP contribution in [0.5, 0.6) is 0 Å². The first kappa shape index (κ1) is 24.8. The molecule has 2 fully saturated rings. The number of hydrogen-bond donors (Lipinski definition) is 3. The van der Waals surface area contributed by atoms with Gasteiger partial charge in [0.1, 0.15) is 12.0 Å². The van der Waals surface area contributed by atoms with Gasteiger partial charge in [0.2, 0.25) is 11.8 Å². The predicted octanol–water partition coefficient (Wildman–Crippen LogP) is 4.63. The van der Waals surface area contributed by atoms with Crippen molar-refractivity contribution in [1.29, 1.82) is 0 Å². The summed E-state index contributed by atoms with van der Waals surface area (Å²) in [6, 6.07) is 15.0. The van der Waals surface area contributed by atoms with Crippen LogP contribution >= 0.6 is 0 Å². The first-order valence-electron chi connectivity index (χ1n) is 12.7. The highest BCUT2D eigenvalue weighted by atomic mass is 19.1. The third-order valence-corrected chi connectivity index (χ3v) is 6.79. The van der Waals surface area contributed by atoms with E-state index in [0.29, 0.717) is 49.3 Å². The number of hydrogen-bond acceptors (Lipinski definition) is 5. The Labute approximate surface area is 215 Å². The van der Waals surface area contributed by atoms with Crippen molar-refractivity contribution in [3.8, 4) is 11.3 Å². The molecule has 1 saturated heterocycles. The summed E-state index contributed by atoms with van der Waals surface area (Å²) in [5.41, 5.74) is 3.45. The van der Waals surface area contributed by atoms with Gasteiger partial charge in [0.15, 0.2) is 5.82 Å². The average Bonchev–Trinajstić information content (AvgIpc) is 3.51. The number of alkyl halides is 1. The largest absolute Gasteiger partial charge is 0.309 e. The van der Waals surface area contributed by atoms with Gasteiger partial charge in [-0.15, -0.1) is 0 Å². The highest BCUT2D eigenvalue weighted by molar-refractivity contribution is 5.98. The van der Waals surface area contributed by atoms with Gasteiger partial charge in [0, 0.05) is 49.0 Å². The van der Waals surface area contributed by atoms with E-state index >= 15 is 0 Å². The SMILES string of the molecule is CC(C(=O)Nc1cc(C2CC2)[nH]n1)c1cccc(-c2cccc(NC(=O)/C=C/CN3CC[C@H](F)C3)n2)c1. The van der Waals surface area contributed by atoms with Gasteiger partial charge in [-0.05, 0) is 49.9 Å². The number of carbonyl (C=O) groups excluding carboxylic acids is 2. The fourth-order valence-corrected chi connectivity index (χ4v) is 4.45. The van der Waals surface area contributed by atoms with Gasteiger partial charge in [-0.1, -0.05) is 30.3 Å². The molecule has 1 aliphatic carbocycles. The summed E-state index contributed by atoms with van der Waals surface area (Å²) < 4.78 is 13.3. The van der Waals surface area contributed by atoms with Crippen molar-refractivity contribution in [3.05, 3.63) is 71.9 Å². The molecule has 5 rings (SSSR count). The number of carbonyl (C=O) groups is 2. The Morgan fingerprint density at radius 2 is 1.97 bits per heavy atom. The molecule has 192 valence electrons. The molecule has 3 N–H and O–H groups in total. The normalized spacial score (nSPS) is 18.7. The van der Waals surface area contributed by atoms with Crippen LogP contribution in [0.3, 0.4) is 0 Å². The number of likely N-dealkylation sites (tertiary alicyclic amines) is 1. The van der Waals surface area contributed by atoms with Crippen LogP contribution in [-0.2, 0) is 9.59 Å². The molecule has 1 unspecified atom stereocenters. The molecule has 2 amide bonds. The number of halogens is 1. The number of H-pyrrole nitrogens is 1. The lowest BCUT2D eigenvalue weighted by molar-refractivity contribution is -0.117. The van der Waals surface area contributed by atoms with E-state index in [0.717, 1.165) is 29.7 Å². The van der Waals surface area contributed by atoms with Gasteiger partial charge < -0.3 is 10.6 Å². The van der Waals surface area contributed by atoms with Crippen molar-refractivity contribution < 1.29 is 14.0 Å². The third kappa shape index (κ3) is 6.48. The monoisotopic (exact) mass is 502 g/mol. The second-order valence-corrected chi connectivity index (χ2v) is 9.76. The number of nitrogens with one attached hydrogen (secondary N) is 3. The molecule has 9 heteroatoms. The van der Waals surface area contributed by atoms with Gasteiger partial charge in [0.05, 0.1) is 11.6 Å². The van der Waals surface area contributed by atoms with Gasteiger partial charge in [-0.2, -0.15) is 5.10 Å². The highest BCUT2D eigenvalue weighted by Gasteiger charge is 2.26. The first-order chi connectivity index (χ1) is 17.9. The quantitative estimate of drug-likeness (QED) is 0.370. The van der Waals surface area contributed by atoms with Crippen LogP contribution in [0.1, 0.15) is 49.3 Å². The van der Waals surface area contributed by atoms with Gasteiger partial charge in [-0.3, -0.25) is 19.6 Å². The Kier molecular flexibility index (Phi) is 7.41. The molecule has 2 atom stereocenters. The van der Waals surface area contributed by atoms with Crippen LogP contribution in [0.2, 0.25) is 0 Å². The van der Waals surface area contributed by atoms with Crippen LogP contribution in [0.25, 0.3) is 11.3 Å². The third-order valence-electron chi connectivity index (χ3n) is 6.79. The lowest BCUT2D eigenvalue weighted by Gasteiger charge is -2.13. The van der Waals surface area contributed by atoms with E-state index < -0.39 is 12.1 Å². The number of nitrogens with zero attached hydrogens (tertiary/aromatic N) is 3. The van der Waals surface area contributed by atoms with E-state index in [1.807, 2.05) is 54.3 Å². The summed E-state index contributed by atoms with van der Waals surface area (Å²) in [4.78, 5) is 31.7. The van der Waals surface area contributed by atoms with E-state index in [4.69, 9.17) is 0 Å². The topological polar surface area (TPSA) is 103 Å². The summed E-state index contributed by atoms with van der Waals surface area (Å²) in [5.74, 6) is 0.694. The summed E-state index contributed by atoms with van der Waals surface area (Å²) >= 11 is 0. The lowest BCUT2D eigenvalue weighted by Crippen LogP contribution is -2.21. The van der Waals surface area contributed by atoms with Crippen LogP contribution in [0.4, 0.5) is 16.0 Å². The minimum absolute atomic E-state index is 0.136. The first-order valence-corrected chi connectivity index (χ1v) is 12.7. The molecule has 0 bridgehead atoms. The van der Waals surface area contributed by atoms with Crippen molar-refractivity contribution in [1.82, 2.24) is 20.1 Å². The zero-order valence-electron chi connectivity index (χ0n) is 20.8. The van der Waals surface area contributed by atoms with E-state index in [-0.39, 0.29) is 11.8 Å². The van der Waals surface area contributed by atoms with E-state index in [2.05, 4.69) is 25.8 Å². The number of rotatable bonds is 9.